The lowest BCUT2D eigenvalue weighted by atomic mass is 10.2. The van der Waals surface area contributed by atoms with Crippen LogP contribution in [-0.2, 0) is 7.05 Å². The number of aryl methyl sites for hydroxylation is 2. The summed E-state index contributed by atoms with van der Waals surface area (Å²) in [6.07, 6.45) is 2.63. The first-order chi connectivity index (χ1) is 9.60. The second kappa shape index (κ2) is 6.18. The summed E-state index contributed by atoms with van der Waals surface area (Å²) < 4.78 is 1.64. The van der Waals surface area contributed by atoms with E-state index in [1.165, 1.54) is 0 Å². The molecule has 1 amide bonds. The summed E-state index contributed by atoms with van der Waals surface area (Å²) in [4.78, 5) is 16.4. The lowest BCUT2D eigenvalue weighted by molar-refractivity contribution is 0.102. The predicted molar refractivity (Wildman–Crippen MR) is 78.9 cm³/mol. The summed E-state index contributed by atoms with van der Waals surface area (Å²) in [5, 5.41) is 10.2. The van der Waals surface area contributed by atoms with Crippen LogP contribution in [0.1, 0.15) is 29.4 Å². The van der Waals surface area contributed by atoms with Gasteiger partial charge in [0.15, 0.2) is 0 Å². The van der Waals surface area contributed by atoms with Crippen molar-refractivity contribution in [2.75, 3.05) is 17.2 Å². The summed E-state index contributed by atoms with van der Waals surface area (Å²) in [6.45, 7) is 4.79. The molecule has 0 saturated heterocycles. The van der Waals surface area contributed by atoms with Gasteiger partial charge in [-0.2, -0.15) is 5.10 Å². The van der Waals surface area contributed by atoms with Crippen LogP contribution >= 0.6 is 0 Å². The maximum Gasteiger partial charge on any atom is 0.256 e. The molecule has 6 nitrogen and oxygen atoms in total. The fourth-order valence-electron chi connectivity index (χ4n) is 1.84. The Bertz CT molecular complexity index is 605. The third-order valence-electron chi connectivity index (χ3n) is 2.82. The van der Waals surface area contributed by atoms with Gasteiger partial charge in [0.2, 0.25) is 0 Å². The van der Waals surface area contributed by atoms with Crippen LogP contribution in [0.4, 0.5) is 11.6 Å². The molecule has 0 aliphatic heterocycles. The largest absolute Gasteiger partial charge is 0.370 e. The Hall–Kier alpha value is -2.37. The zero-order valence-corrected chi connectivity index (χ0v) is 12.0. The number of nitrogens with zero attached hydrogens (tertiary/aromatic N) is 3. The maximum atomic E-state index is 12.2. The molecule has 0 aromatic carbocycles. The Kier molecular flexibility index (Phi) is 4.34. The van der Waals surface area contributed by atoms with E-state index in [0.717, 1.165) is 18.7 Å². The van der Waals surface area contributed by atoms with Gasteiger partial charge in [-0.25, -0.2) is 4.98 Å². The van der Waals surface area contributed by atoms with Crippen LogP contribution in [0.25, 0.3) is 0 Å². The molecule has 0 unspecified atom stereocenters. The second-order valence-electron chi connectivity index (χ2n) is 4.61. The molecule has 0 aliphatic carbocycles. The highest BCUT2D eigenvalue weighted by molar-refractivity contribution is 6.04. The zero-order chi connectivity index (χ0) is 14.5. The van der Waals surface area contributed by atoms with Crippen molar-refractivity contribution < 1.29 is 4.79 Å². The van der Waals surface area contributed by atoms with Gasteiger partial charge in [-0.05, 0) is 25.5 Å². The Morgan fingerprint density at radius 2 is 2.20 bits per heavy atom. The standard InChI is InChI=1S/C14H19N5O/c1-4-6-15-12-9-11(5-7-16-12)14(20)17-13-8-10(2)18-19(13)3/h5,7-9H,4,6H2,1-3H3,(H,15,16)(H,17,20). The van der Waals surface area contributed by atoms with Crippen molar-refractivity contribution in [1.29, 1.82) is 0 Å². The van der Waals surface area contributed by atoms with Gasteiger partial charge in [0.25, 0.3) is 5.91 Å². The number of hydrogen-bond donors (Lipinski definition) is 2. The number of hydrogen-bond acceptors (Lipinski definition) is 4. The lowest BCUT2D eigenvalue weighted by Crippen LogP contribution is -2.15. The quantitative estimate of drug-likeness (QED) is 0.876. The molecule has 6 heteroatoms. The molecule has 0 saturated carbocycles. The molecule has 2 heterocycles. The highest BCUT2D eigenvalue weighted by Crippen LogP contribution is 2.12. The maximum absolute atomic E-state index is 12.2. The average Bonchev–Trinajstić information content (AvgIpc) is 2.75. The third kappa shape index (κ3) is 3.34. The van der Waals surface area contributed by atoms with Gasteiger partial charge in [-0.15, -0.1) is 0 Å². The van der Waals surface area contributed by atoms with Gasteiger partial charge in [0.05, 0.1) is 5.69 Å². The van der Waals surface area contributed by atoms with Crippen LogP contribution in [0.15, 0.2) is 24.4 Å². The first-order valence-electron chi connectivity index (χ1n) is 6.62. The zero-order valence-electron chi connectivity index (χ0n) is 12.0. The summed E-state index contributed by atoms with van der Waals surface area (Å²) >= 11 is 0. The van der Waals surface area contributed by atoms with E-state index >= 15 is 0 Å². The van der Waals surface area contributed by atoms with Crippen molar-refractivity contribution in [1.82, 2.24) is 14.8 Å². The molecule has 0 aliphatic rings. The number of nitrogens with one attached hydrogen (secondary N) is 2. The number of pyridine rings is 1. The molecule has 20 heavy (non-hydrogen) atoms. The van der Waals surface area contributed by atoms with Crippen molar-refractivity contribution in [3.63, 3.8) is 0 Å². The molecule has 2 rings (SSSR count). The number of carbonyl (C=O) groups is 1. The van der Waals surface area contributed by atoms with E-state index in [-0.39, 0.29) is 5.91 Å². The first kappa shape index (κ1) is 14.0. The van der Waals surface area contributed by atoms with E-state index < -0.39 is 0 Å². The van der Waals surface area contributed by atoms with Gasteiger partial charge < -0.3 is 10.6 Å². The van der Waals surface area contributed by atoms with Crippen molar-refractivity contribution in [3.8, 4) is 0 Å². The SMILES string of the molecule is CCCNc1cc(C(=O)Nc2cc(C)nn2C)ccn1. The molecule has 0 bridgehead atoms. The van der Waals surface area contributed by atoms with E-state index in [1.54, 1.807) is 30.1 Å². The molecule has 2 N–H and O–H groups in total. The summed E-state index contributed by atoms with van der Waals surface area (Å²) in [5.41, 5.74) is 1.43. The monoisotopic (exact) mass is 273 g/mol. The molecule has 0 fully saturated rings. The highest BCUT2D eigenvalue weighted by Gasteiger charge is 2.10. The summed E-state index contributed by atoms with van der Waals surface area (Å²) in [7, 11) is 1.80. The Morgan fingerprint density at radius 3 is 2.85 bits per heavy atom. The fourth-order valence-corrected chi connectivity index (χ4v) is 1.84. The van der Waals surface area contributed by atoms with Crippen LogP contribution < -0.4 is 10.6 Å². The van der Waals surface area contributed by atoms with Crippen LogP contribution in [0.5, 0.6) is 0 Å². The molecular weight excluding hydrogens is 254 g/mol. The van der Waals surface area contributed by atoms with E-state index in [2.05, 4.69) is 27.6 Å². The summed E-state index contributed by atoms with van der Waals surface area (Å²) in [6, 6.07) is 5.26. The van der Waals surface area contributed by atoms with Crippen molar-refractivity contribution in [2.24, 2.45) is 7.05 Å². The van der Waals surface area contributed by atoms with Crippen LogP contribution in [0, 0.1) is 6.92 Å². The minimum atomic E-state index is -0.171. The van der Waals surface area contributed by atoms with E-state index in [1.807, 2.05) is 13.0 Å². The second-order valence-corrected chi connectivity index (χ2v) is 4.61. The molecule has 106 valence electrons. The molecular formula is C14H19N5O. The van der Waals surface area contributed by atoms with E-state index in [4.69, 9.17) is 0 Å². The van der Waals surface area contributed by atoms with E-state index in [9.17, 15) is 4.79 Å². The number of aromatic nitrogens is 3. The number of amides is 1. The number of carbonyl (C=O) groups excluding carboxylic acids is 1. The van der Waals surface area contributed by atoms with E-state index in [0.29, 0.717) is 17.2 Å². The number of anilines is 2. The highest BCUT2D eigenvalue weighted by atomic mass is 16.1. The van der Waals surface area contributed by atoms with Crippen molar-refractivity contribution in [2.45, 2.75) is 20.3 Å². The normalized spacial score (nSPS) is 10.3. The minimum absolute atomic E-state index is 0.171. The van der Waals surface area contributed by atoms with Gasteiger partial charge in [0, 0.05) is 31.4 Å². The molecule has 0 spiro atoms. The van der Waals surface area contributed by atoms with Crippen molar-refractivity contribution >= 4 is 17.5 Å². The third-order valence-corrected chi connectivity index (χ3v) is 2.82. The topological polar surface area (TPSA) is 71.8 Å². The van der Waals surface area contributed by atoms with Gasteiger partial charge >= 0.3 is 0 Å². The van der Waals surface area contributed by atoms with Gasteiger partial charge in [-0.3, -0.25) is 9.48 Å². The smallest absolute Gasteiger partial charge is 0.256 e. The Labute approximate surface area is 118 Å². The fraction of sp³-hybridized carbons (Fsp3) is 0.357. The van der Waals surface area contributed by atoms with Crippen LogP contribution in [0.2, 0.25) is 0 Å². The van der Waals surface area contributed by atoms with Gasteiger partial charge in [-0.1, -0.05) is 6.92 Å². The lowest BCUT2D eigenvalue weighted by Gasteiger charge is -2.07. The average molecular weight is 273 g/mol. The molecule has 2 aromatic heterocycles. The van der Waals surface area contributed by atoms with Crippen LogP contribution in [-0.4, -0.2) is 27.2 Å². The number of rotatable bonds is 5. The molecule has 0 radical (unpaired) electrons. The molecule has 2 aromatic rings. The van der Waals surface area contributed by atoms with Crippen LogP contribution in [0.3, 0.4) is 0 Å². The molecule has 0 atom stereocenters. The minimum Gasteiger partial charge on any atom is -0.370 e. The van der Waals surface area contributed by atoms with Gasteiger partial charge in [0.1, 0.15) is 11.6 Å². The Balaban J connectivity index is 2.10. The Morgan fingerprint density at radius 1 is 1.40 bits per heavy atom. The first-order valence-corrected chi connectivity index (χ1v) is 6.62. The summed E-state index contributed by atoms with van der Waals surface area (Å²) in [5.74, 6) is 1.21. The predicted octanol–water partition coefficient (Wildman–Crippen LogP) is 2.20. The van der Waals surface area contributed by atoms with Crippen molar-refractivity contribution in [3.05, 3.63) is 35.7 Å².